The van der Waals surface area contributed by atoms with E-state index in [4.69, 9.17) is 23.8 Å². The first-order valence-electron chi connectivity index (χ1n) is 18.0. The maximum Gasteiger partial charge on any atom is 0.294 e. The van der Waals surface area contributed by atoms with Gasteiger partial charge >= 0.3 is 0 Å². The zero-order chi connectivity index (χ0) is 37.4. The molecule has 282 valence electrons. The van der Waals surface area contributed by atoms with Gasteiger partial charge in [0, 0.05) is 39.4 Å². The lowest BCUT2D eigenvalue weighted by Crippen LogP contribution is -2.58. The van der Waals surface area contributed by atoms with E-state index in [9.17, 15) is 20.2 Å². The summed E-state index contributed by atoms with van der Waals surface area (Å²) in [5.74, 6) is 2.08. The predicted molar refractivity (Wildman–Crippen MR) is 195 cm³/mol. The highest BCUT2D eigenvalue weighted by Crippen LogP contribution is 2.44. The van der Waals surface area contributed by atoms with E-state index in [0.717, 1.165) is 62.7 Å². The van der Waals surface area contributed by atoms with Crippen LogP contribution in [0.1, 0.15) is 89.7 Å². The summed E-state index contributed by atoms with van der Waals surface area (Å²) in [6.07, 6.45) is 7.20. The first-order valence-corrected chi connectivity index (χ1v) is 18.0. The van der Waals surface area contributed by atoms with E-state index in [1.165, 1.54) is 6.92 Å². The van der Waals surface area contributed by atoms with E-state index < -0.39 is 22.2 Å². The second kappa shape index (κ2) is 19.9. The quantitative estimate of drug-likeness (QED) is 0.0838. The number of benzene rings is 2. The van der Waals surface area contributed by atoms with Gasteiger partial charge in [0.2, 0.25) is 11.7 Å². The largest absolute Gasteiger partial charge is 0.493 e. The van der Waals surface area contributed by atoms with Crippen LogP contribution in [0.2, 0.25) is 0 Å². The van der Waals surface area contributed by atoms with Crippen LogP contribution < -0.4 is 24.4 Å². The molecule has 1 aliphatic rings. The van der Waals surface area contributed by atoms with Crippen LogP contribution in [0.15, 0.2) is 36.4 Å². The monoisotopic (exact) mass is 711 g/mol. The number of ether oxygens (including phenoxy) is 4. The Bertz CT molecular complexity index is 1430. The van der Waals surface area contributed by atoms with Crippen molar-refractivity contribution >= 4 is 5.91 Å². The number of nitrogens with zero attached hydrogens (tertiary/aromatic N) is 4. The van der Waals surface area contributed by atoms with E-state index in [1.54, 1.807) is 33.3 Å². The Kier molecular flexibility index (Phi) is 16.1. The summed E-state index contributed by atoms with van der Waals surface area (Å²) in [6.45, 7) is 7.75. The van der Waals surface area contributed by atoms with E-state index in [1.807, 2.05) is 36.4 Å². The normalized spacial score (nSPS) is 16.0. The van der Waals surface area contributed by atoms with Gasteiger partial charge in [0.15, 0.2) is 11.5 Å². The molecule has 0 aromatic heterocycles. The van der Waals surface area contributed by atoms with E-state index in [-0.39, 0.29) is 5.91 Å². The molecule has 3 rings (SSSR count). The summed E-state index contributed by atoms with van der Waals surface area (Å²) in [7, 11) is 6.83. The number of likely N-dealkylation sites (N-methyl/N-ethyl adjacent to an activating group) is 1. The van der Waals surface area contributed by atoms with Crippen molar-refractivity contribution in [3.63, 3.8) is 0 Å². The first kappa shape index (κ1) is 41.1. The van der Waals surface area contributed by atoms with Gasteiger partial charge in [-0.1, -0.05) is 50.8 Å². The predicted octanol–water partition coefficient (Wildman–Crippen LogP) is 6.26. The number of para-hydroxylation sites is 1. The van der Waals surface area contributed by atoms with Crippen LogP contribution in [0.3, 0.4) is 0 Å². The Balaban J connectivity index is 1.73. The molecule has 2 aromatic carbocycles. The van der Waals surface area contributed by atoms with Crippen LogP contribution in [-0.2, 0) is 21.5 Å². The summed E-state index contributed by atoms with van der Waals surface area (Å²) >= 11 is 0. The molecule has 0 saturated carbocycles. The van der Waals surface area contributed by atoms with Crippen molar-refractivity contribution in [1.82, 2.24) is 15.3 Å². The lowest BCUT2D eigenvalue weighted by molar-refractivity contribution is -0.771. The number of hydrazine groups is 1. The van der Waals surface area contributed by atoms with Crippen molar-refractivity contribution in [2.45, 2.75) is 102 Å². The number of nitrogens with one attached hydrogen (secondary N) is 1. The smallest absolute Gasteiger partial charge is 0.294 e. The Morgan fingerprint density at radius 2 is 1.69 bits per heavy atom. The van der Waals surface area contributed by atoms with Crippen molar-refractivity contribution < 1.29 is 33.7 Å². The Labute approximate surface area is 303 Å². The number of rotatable bonds is 22. The molecule has 51 heavy (non-hydrogen) atoms. The Hall–Kier alpha value is -4.28. The average molecular weight is 712 g/mol. The van der Waals surface area contributed by atoms with Crippen LogP contribution in [0.5, 0.6) is 23.0 Å². The molecule has 0 aliphatic carbocycles. The summed E-state index contributed by atoms with van der Waals surface area (Å²) in [5, 5.41) is 23.1. The van der Waals surface area contributed by atoms with E-state index in [2.05, 4.69) is 30.4 Å². The number of carbonyl (C=O) groups excluding carboxylic acids is 1. The molecule has 2 atom stereocenters. The number of nitriles is 1. The molecule has 13 nitrogen and oxygen atoms in total. The zero-order valence-electron chi connectivity index (χ0n) is 31.5. The minimum absolute atomic E-state index is 0.168. The summed E-state index contributed by atoms with van der Waals surface area (Å²) in [4.78, 5) is 30.2. The van der Waals surface area contributed by atoms with Gasteiger partial charge in [-0.2, -0.15) is 5.26 Å². The summed E-state index contributed by atoms with van der Waals surface area (Å²) in [5.41, 5.74) is 3.00. The number of piperidine rings is 1. The minimum atomic E-state index is -0.950. The van der Waals surface area contributed by atoms with Crippen LogP contribution in [0, 0.1) is 21.4 Å². The molecule has 1 heterocycles. The minimum Gasteiger partial charge on any atom is -0.493 e. The molecule has 0 spiro atoms. The summed E-state index contributed by atoms with van der Waals surface area (Å²) < 4.78 is 23.5. The fraction of sp³-hybridized carbons (Fsp3) is 0.632. The van der Waals surface area contributed by atoms with Crippen LogP contribution in [-0.4, -0.2) is 87.2 Å². The van der Waals surface area contributed by atoms with E-state index >= 15 is 0 Å². The Morgan fingerprint density at radius 3 is 2.25 bits per heavy atom. The number of amides is 1. The number of hydrogen-bond acceptors (Lipinski definition) is 11. The second-order valence-electron chi connectivity index (χ2n) is 13.5. The van der Waals surface area contributed by atoms with Crippen molar-refractivity contribution in [2.75, 3.05) is 54.6 Å². The molecule has 1 fully saturated rings. The number of hydrogen-bond donors (Lipinski definition) is 1. The van der Waals surface area contributed by atoms with Gasteiger partial charge in [-0.25, -0.2) is 5.01 Å². The van der Waals surface area contributed by atoms with Crippen molar-refractivity contribution in [1.29, 1.82) is 5.26 Å². The molecule has 13 heteroatoms. The third-order valence-electron chi connectivity index (χ3n) is 9.99. The summed E-state index contributed by atoms with van der Waals surface area (Å²) in [6, 6.07) is 14.3. The molecular formula is C38H57N5O8. The first-order chi connectivity index (χ1) is 24.5. The van der Waals surface area contributed by atoms with Crippen molar-refractivity contribution in [3.05, 3.63) is 57.6 Å². The number of methoxy groups -OCH3 is 3. The highest BCUT2D eigenvalue weighted by molar-refractivity contribution is 5.72. The molecule has 1 aliphatic heterocycles. The third-order valence-corrected chi connectivity index (χ3v) is 9.99. The van der Waals surface area contributed by atoms with Crippen LogP contribution in [0.25, 0.3) is 0 Å². The second-order valence-corrected chi connectivity index (χ2v) is 13.5. The standard InChI is InChI=1S/C38H57N5O8/c1-8-9-10-13-18-37(28-39,32-26-34(47-5)36(49-7)35(27-32)48-6)19-14-22-41(4)23-17-31-15-11-12-16-33(31)50-38(29(2)51-43(45)46)20-24-42(25-21-38)40-30(3)44/h11-12,15-16,26-27,29H,8-10,13-14,17-25H2,1-7H3,(H,40,44). The van der Waals surface area contributed by atoms with Gasteiger partial charge in [-0.3, -0.25) is 10.2 Å². The fourth-order valence-electron chi connectivity index (χ4n) is 6.94. The zero-order valence-corrected chi connectivity index (χ0v) is 31.5. The fourth-order valence-corrected chi connectivity index (χ4v) is 6.94. The SMILES string of the molecule is CCCCCCC(C#N)(CCCN(C)CCc1ccccc1OC1(C(C)O[N+](=O)[O-])CCN(NC(C)=O)CC1)c1cc(OC)c(OC)c(OC)c1. The van der Waals surface area contributed by atoms with Gasteiger partial charge in [0.05, 0.1) is 32.8 Å². The molecule has 1 saturated heterocycles. The third kappa shape index (κ3) is 11.4. The lowest BCUT2D eigenvalue weighted by atomic mass is 9.73. The topological polar surface area (TPSA) is 149 Å². The number of carbonyl (C=O) groups is 1. The lowest BCUT2D eigenvalue weighted by Gasteiger charge is -2.44. The molecule has 2 aromatic rings. The van der Waals surface area contributed by atoms with Gasteiger partial charge in [-0.15, -0.1) is 10.1 Å². The molecular weight excluding hydrogens is 654 g/mol. The van der Waals surface area contributed by atoms with Crippen LogP contribution >= 0.6 is 0 Å². The van der Waals surface area contributed by atoms with Gasteiger partial charge in [0.1, 0.15) is 17.5 Å². The van der Waals surface area contributed by atoms with Gasteiger partial charge in [0.25, 0.3) is 5.09 Å². The molecule has 1 amide bonds. The maximum atomic E-state index is 11.6. The number of unbranched alkanes of at least 4 members (excludes halogenated alkanes) is 3. The van der Waals surface area contributed by atoms with E-state index in [0.29, 0.717) is 61.8 Å². The average Bonchev–Trinajstić information content (AvgIpc) is 3.12. The molecule has 2 unspecified atom stereocenters. The highest BCUT2D eigenvalue weighted by Gasteiger charge is 2.44. The molecule has 1 N–H and O–H groups in total. The highest BCUT2D eigenvalue weighted by atomic mass is 17.0. The molecule has 0 radical (unpaired) electrons. The van der Waals surface area contributed by atoms with Crippen LogP contribution in [0.4, 0.5) is 0 Å². The van der Waals surface area contributed by atoms with Gasteiger partial charge < -0.3 is 28.7 Å². The van der Waals surface area contributed by atoms with Gasteiger partial charge in [-0.05, 0) is 75.5 Å². The molecule has 0 bridgehead atoms. The van der Waals surface area contributed by atoms with Crippen molar-refractivity contribution in [3.8, 4) is 29.1 Å². The Morgan fingerprint density at radius 1 is 1.04 bits per heavy atom. The van der Waals surface area contributed by atoms with Crippen molar-refractivity contribution in [2.24, 2.45) is 0 Å². The maximum absolute atomic E-state index is 11.6.